The summed E-state index contributed by atoms with van der Waals surface area (Å²) >= 11 is 6.12. The molecule has 0 radical (unpaired) electrons. The molecule has 0 aliphatic heterocycles. The Bertz CT molecular complexity index is 1550. The number of rotatable bonds is 9. The number of hydrogen-bond acceptors (Lipinski definition) is 7. The van der Waals surface area contributed by atoms with E-state index in [2.05, 4.69) is 31.1 Å². The Balaban J connectivity index is 1.60. The zero-order chi connectivity index (χ0) is 30.8. The monoisotopic (exact) mass is 615 g/mol. The molecule has 3 atom stereocenters. The van der Waals surface area contributed by atoms with Crippen molar-refractivity contribution in [2.75, 3.05) is 22.0 Å². The van der Waals surface area contributed by atoms with Crippen LogP contribution >= 0.6 is 11.6 Å². The second-order valence-electron chi connectivity index (χ2n) is 11.3. The first-order valence-electron chi connectivity index (χ1n) is 14.0. The number of esters is 1. The molecule has 0 spiro atoms. The van der Waals surface area contributed by atoms with Crippen LogP contribution in [0, 0.1) is 31.6 Å². The number of aryl methyl sites for hydroxylation is 1. The minimum absolute atomic E-state index is 0.0421. The summed E-state index contributed by atoms with van der Waals surface area (Å²) in [6.07, 6.45) is 2.46. The number of nitrogens with zero attached hydrogens (tertiary/aromatic N) is 3. The third-order valence-electron chi connectivity index (χ3n) is 7.87. The van der Waals surface area contributed by atoms with Gasteiger partial charge in [-0.2, -0.15) is 0 Å². The number of nitrogens with two attached hydrogens (primary N) is 1. The van der Waals surface area contributed by atoms with Crippen LogP contribution in [0.4, 0.5) is 11.5 Å². The summed E-state index contributed by atoms with van der Waals surface area (Å²) in [7, 11) is -4.29. The Hall–Kier alpha value is -3.57. The zero-order valence-corrected chi connectivity index (χ0v) is 26.1. The topological polar surface area (TPSA) is 137 Å². The van der Waals surface area contributed by atoms with Crippen molar-refractivity contribution in [3.63, 3.8) is 0 Å². The Labute approximate surface area is 252 Å². The third-order valence-corrected chi connectivity index (χ3v) is 9.95. The summed E-state index contributed by atoms with van der Waals surface area (Å²) in [5.74, 6) is 6.34. The number of ether oxygens (including phenoxy) is 1. The van der Waals surface area contributed by atoms with Crippen LogP contribution in [0.15, 0.2) is 53.4 Å². The van der Waals surface area contributed by atoms with Crippen LogP contribution in [0.3, 0.4) is 0 Å². The van der Waals surface area contributed by atoms with E-state index in [4.69, 9.17) is 22.2 Å². The molecule has 42 heavy (non-hydrogen) atoms. The van der Waals surface area contributed by atoms with Crippen LogP contribution < -0.4 is 15.5 Å². The first kappa shape index (κ1) is 31.4. The largest absolute Gasteiger partial charge is 0.461 e. The first-order valence-corrected chi connectivity index (χ1v) is 15.8. The predicted molar refractivity (Wildman–Crippen MR) is 163 cm³/mol. The van der Waals surface area contributed by atoms with E-state index in [1.807, 2.05) is 0 Å². The van der Waals surface area contributed by atoms with E-state index in [0.29, 0.717) is 34.1 Å². The van der Waals surface area contributed by atoms with E-state index in [1.54, 1.807) is 38.1 Å². The van der Waals surface area contributed by atoms with Gasteiger partial charge in [-0.1, -0.05) is 50.9 Å². The maximum atomic E-state index is 14.0. The SMILES string of the molecule is Cc1nc(N(CC(=O)O[C@@H]2C[C@@H](C)CC[C@@H]2C(C)C)S(=O)(=O)c2ccc(NC(=O)c3ccccc3Cl)cc2)c(C)n1N. The molecule has 1 amide bonds. The van der Waals surface area contributed by atoms with Crippen molar-refractivity contribution < 1.29 is 22.7 Å². The lowest BCUT2D eigenvalue weighted by Crippen LogP contribution is -2.41. The van der Waals surface area contributed by atoms with Crippen molar-refractivity contribution in [1.82, 2.24) is 9.66 Å². The average Bonchev–Trinajstić information content (AvgIpc) is 3.18. The average molecular weight is 616 g/mol. The lowest BCUT2D eigenvalue weighted by atomic mass is 9.75. The van der Waals surface area contributed by atoms with E-state index in [0.717, 1.165) is 23.6 Å². The Kier molecular flexibility index (Phi) is 9.52. The highest BCUT2D eigenvalue weighted by molar-refractivity contribution is 7.92. The van der Waals surface area contributed by atoms with E-state index in [9.17, 15) is 18.0 Å². The molecule has 0 bridgehead atoms. The molecule has 1 aliphatic carbocycles. The fourth-order valence-electron chi connectivity index (χ4n) is 5.40. The number of hydrogen-bond donors (Lipinski definition) is 2. The second kappa shape index (κ2) is 12.7. The Morgan fingerprint density at radius 3 is 2.40 bits per heavy atom. The van der Waals surface area contributed by atoms with Gasteiger partial charge in [-0.05, 0) is 80.8 Å². The van der Waals surface area contributed by atoms with Gasteiger partial charge in [0.05, 0.1) is 21.2 Å². The number of anilines is 2. The number of sulfonamides is 1. The van der Waals surface area contributed by atoms with Gasteiger partial charge in [0.1, 0.15) is 18.5 Å². The molecule has 226 valence electrons. The molecule has 2 aromatic carbocycles. The molecule has 1 fully saturated rings. The van der Waals surface area contributed by atoms with Gasteiger partial charge in [0.25, 0.3) is 15.9 Å². The maximum Gasteiger partial charge on any atom is 0.327 e. The number of nitrogens with one attached hydrogen (secondary N) is 1. The molecule has 12 heteroatoms. The van der Waals surface area contributed by atoms with Crippen LogP contribution in [0.5, 0.6) is 0 Å². The summed E-state index contributed by atoms with van der Waals surface area (Å²) in [5, 5.41) is 3.01. The fraction of sp³-hybridized carbons (Fsp3) is 0.433. The summed E-state index contributed by atoms with van der Waals surface area (Å²) in [4.78, 5) is 30.3. The highest BCUT2D eigenvalue weighted by Gasteiger charge is 2.36. The van der Waals surface area contributed by atoms with Crippen LogP contribution in [0.25, 0.3) is 0 Å². The van der Waals surface area contributed by atoms with Gasteiger partial charge in [0.15, 0.2) is 5.82 Å². The Morgan fingerprint density at radius 1 is 1.14 bits per heavy atom. The van der Waals surface area contributed by atoms with Crippen LogP contribution in [0.1, 0.15) is 61.9 Å². The molecule has 0 saturated heterocycles. The first-order chi connectivity index (χ1) is 19.8. The second-order valence-corrected chi connectivity index (χ2v) is 13.5. The smallest absolute Gasteiger partial charge is 0.327 e. The number of aromatic nitrogens is 2. The number of benzene rings is 2. The number of carbonyl (C=O) groups excluding carboxylic acids is 2. The van der Waals surface area contributed by atoms with E-state index >= 15 is 0 Å². The molecule has 3 aromatic rings. The molecule has 1 aromatic heterocycles. The molecule has 1 heterocycles. The predicted octanol–water partition coefficient (Wildman–Crippen LogP) is 5.32. The molecule has 3 N–H and O–H groups in total. The van der Waals surface area contributed by atoms with Crippen LogP contribution in [-0.4, -0.2) is 42.6 Å². The highest BCUT2D eigenvalue weighted by Crippen LogP contribution is 2.36. The van der Waals surface area contributed by atoms with Gasteiger partial charge < -0.3 is 15.9 Å². The van der Waals surface area contributed by atoms with E-state index < -0.39 is 28.4 Å². The summed E-state index contributed by atoms with van der Waals surface area (Å²) < 4.78 is 36.1. The van der Waals surface area contributed by atoms with Crippen molar-refractivity contribution in [3.8, 4) is 0 Å². The number of nitrogen functional groups attached to an aromatic ring is 1. The minimum atomic E-state index is -4.29. The summed E-state index contributed by atoms with van der Waals surface area (Å²) in [6.45, 7) is 9.06. The standard InChI is InChI=1S/C30H38ClN5O5S/c1-18(2)24-15-10-19(3)16-27(24)41-28(37)17-35(29-20(4)36(32)21(5)33-29)42(39,40)23-13-11-22(12-14-23)34-30(38)25-8-6-7-9-26(25)31/h6-9,11-14,18-19,24,27H,10,15-17,32H2,1-5H3,(H,34,38)/t19-,24+,27+/m0/s1. The van der Waals surface area contributed by atoms with Crippen LogP contribution in [-0.2, 0) is 19.6 Å². The normalized spacial score (nSPS) is 19.0. The summed E-state index contributed by atoms with van der Waals surface area (Å²) in [5.41, 5.74) is 1.03. The van der Waals surface area contributed by atoms with Gasteiger partial charge in [0, 0.05) is 5.69 Å². The van der Waals surface area contributed by atoms with E-state index in [-0.39, 0.29) is 28.3 Å². The van der Waals surface area contributed by atoms with Gasteiger partial charge in [-0.15, -0.1) is 0 Å². The number of imidazole rings is 1. The van der Waals surface area contributed by atoms with Gasteiger partial charge in [-0.25, -0.2) is 22.4 Å². The number of carbonyl (C=O) groups is 2. The number of halogens is 1. The highest BCUT2D eigenvalue weighted by atomic mass is 35.5. The minimum Gasteiger partial charge on any atom is -0.461 e. The van der Waals surface area contributed by atoms with Crippen molar-refractivity contribution >= 4 is 45.0 Å². The molecule has 1 saturated carbocycles. The lowest BCUT2D eigenvalue weighted by molar-refractivity contribution is -0.153. The molecular formula is C30H38ClN5O5S. The van der Waals surface area contributed by atoms with Crippen LogP contribution in [0.2, 0.25) is 5.02 Å². The fourth-order valence-corrected chi connectivity index (χ4v) is 7.04. The van der Waals surface area contributed by atoms with E-state index in [1.165, 1.54) is 28.9 Å². The quantitative estimate of drug-likeness (QED) is 0.246. The maximum absolute atomic E-state index is 14.0. The van der Waals surface area contributed by atoms with Gasteiger partial charge in [-0.3, -0.25) is 9.59 Å². The lowest BCUT2D eigenvalue weighted by Gasteiger charge is -2.37. The van der Waals surface area contributed by atoms with Crippen molar-refractivity contribution in [2.45, 2.75) is 64.9 Å². The van der Waals surface area contributed by atoms with Gasteiger partial charge in [0.2, 0.25) is 0 Å². The molecular weight excluding hydrogens is 578 g/mol. The Morgan fingerprint density at radius 2 is 1.81 bits per heavy atom. The molecule has 1 aliphatic rings. The number of amides is 1. The summed E-state index contributed by atoms with van der Waals surface area (Å²) in [6, 6.07) is 12.3. The van der Waals surface area contributed by atoms with Crippen molar-refractivity contribution in [3.05, 3.63) is 70.6 Å². The zero-order valence-electron chi connectivity index (χ0n) is 24.5. The molecule has 0 unspecified atom stereocenters. The van der Waals surface area contributed by atoms with Crippen molar-refractivity contribution in [1.29, 1.82) is 0 Å². The van der Waals surface area contributed by atoms with Gasteiger partial charge >= 0.3 is 5.97 Å². The van der Waals surface area contributed by atoms with Crippen molar-refractivity contribution in [2.24, 2.45) is 17.8 Å². The molecule has 4 rings (SSSR count). The third kappa shape index (κ3) is 6.73. The molecule has 10 nitrogen and oxygen atoms in total.